The summed E-state index contributed by atoms with van der Waals surface area (Å²) in [7, 11) is -2.61. The number of esters is 2. The molecule has 0 N–H and O–H groups in total. The topological polar surface area (TPSA) is 96.0 Å². The summed E-state index contributed by atoms with van der Waals surface area (Å²) >= 11 is 0. The van der Waals surface area contributed by atoms with Crippen LogP contribution in [0.2, 0.25) is 0 Å². The molecule has 4 fully saturated rings. The Morgan fingerprint density at radius 3 is 1.73 bits per heavy atom. The van der Waals surface area contributed by atoms with E-state index in [0.717, 1.165) is 71.3 Å². The van der Waals surface area contributed by atoms with Crippen molar-refractivity contribution in [2.24, 2.45) is 23.7 Å². The average molecular weight is 443 g/mol. The van der Waals surface area contributed by atoms with E-state index in [1.54, 1.807) is 0 Å². The monoisotopic (exact) mass is 442 g/mol. The normalized spacial score (nSPS) is 35.3. The Kier molecular flexibility index (Phi) is 6.73. The molecule has 4 rings (SSSR count). The molecule has 7 nitrogen and oxygen atoms in total. The number of carbonyl (C=O) groups excluding carboxylic acids is 2. The molecule has 5 atom stereocenters. The molecule has 30 heavy (non-hydrogen) atoms. The van der Waals surface area contributed by atoms with Gasteiger partial charge in [0.25, 0.3) is 10.1 Å². The molecule has 4 saturated carbocycles. The van der Waals surface area contributed by atoms with Gasteiger partial charge in [-0.1, -0.05) is 12.8 Å². The SMILES string of the molecule is COS(=O)(=O)C1CC2CC1C(C(=O)OC1CCCCC1)C2C(=O)OC1CCCCC1. The van der Waals surface area contributed by atoms with Crippen molar-refractivity contribution in [2.45, 2.75) is 94.5 Å². The smallest absolute Gasteiger partial charge is 0.310 e. The van der Waals surface area contributed by atoms with Gasteiger partial charge in [0.2, 0.25) is 0 Å². The number of carbonyl (C=O) groups is 2. The van der Waals surface area contributed by atoms with E-state index in [4.69, 9.17) is 13.7 Å². The quantitative estimate of drug-likeness (QED) is 0.460. The molecule has 0 saturated heterocycles. The van der Waals surface area contributed by atoms with Crippen LogP contribution < -0.4 is 0 Å². The Bertz CT molecular complexity index is 737. The predicted octanol–water partition coefficient (Wildman–Crippen LogP) is 3.36. The van der Waals surface area contributed by atoms with E-state index in [9.17, 15) is 18.0 Å². The van der Waals surface area contributed by atoms with Crippen LogP contribution in [0.3, 0.4) is 0 Å². The van der Waals surface area contributed by atoms with Crippen LogP contribution in [0.1, 0.15) is 77.0 Å². The van der Waals surface area contributed by atoms with Gasteiger partial charge in [-0.05, 0) is 76.0 Å². The number of hydrogen-bond donors (Lipinski definition) is 0. The molecule has 0 heterocycles. The first-order valence-electron chi connectivity index (χ1n) is 11.6. The second-order valence-corrected chi connectivity index (χ2v) is 11.5. The van der Waals surface area contributed by atoms with Crippen molar-refractivity contribution in [1.82, 2.24) is 0 Å². The van der Waals surface area contributed by atoms with Gasteiger partial charge in [-0.2, -0.15) is 8.42 Å². The molecule has 2 bridgehead atoms. The third-order valence-corrected chi connectivity index (χ3v) is 9.51. The molecule has 0 spiro atoms. The second kappa shape index (κ2) is 9.15. The Morgan fingerprint density at radius 2 is 1.23 bits per heavy atom. The van der Waals surface area contributed by atoms with Crippen LogP contribution in [-0.2, 0) is 33.4 Å². The highest BCUT2D eigenvalue weighted by Crippen LogP contribution is 2.55. The van der Waals surface area contributed by atoms with Gasteiger partial charge in [-0.25, -0.2) is 0 Å². The van der Waals surface area contributed by atoms with E-state index in [1.165, 1.54) is 0 Å². The number of rotatable bonds is 6. The van der Waals surface area contributed by atoms with Gasteiger partial charge < -0.3 is 9.47 Å². The minimum absolute atomic E-state index is 0.0844. The molecule has 0 radical (unpaired) electrons. The van der Waals surface area contributed by atoms with Gasteiger partial charge >= 0.3 is 11.9 Å². The van der Waals surface area contributed by atoms with Crippen LogP contribution in [-0.4, -0.2) is 44.9 Å². The molecule has 0 aromatic carbocycles. The minimum Gasteiger partial charge on any atom is -0.462 e. The van der Waals surface area contributed by atoms with Crippen molar-refractivity contribution >= 4 is 22.1 Å². The van der Waals surface area contributed by atoms with Gasteiger partial charge in [0.15, 0.2) is 0 Å². The van der Waals surface area contributed by atoms with Gasteiger partial charge in [-0.3, -0.25) is 13.8 Å². The summed E-state index contributed by atoms with van der Waals surface area (Å²) in [5.41, 5.74) is 0. The van der Waals surface area contributed by atoms with E-state index >= 15 is 0 Å². The van der Waals surface area contributed by atoms with Crippen molar-refractivity contribution in [2.75, 3.05) is 7.11 Å². The lowest BCUT2D eigenvalue weighted by Gasteiger charge is -2.34. The van der Waals surface area contributed by atoms with Crippen molar-refractivity contribution in [1.29, 1.82) is 0 Å². The maximum absolute atomic E-state index is 13.2. The van der Waals surface area contributed by atoms with E-state index in [2.05, 4.69) is 0 Å². The van der Waals surface area contributed by atoms with Gasteiger partial charge in [0.1, 0.15) is 12.2 Å². The number of ether oxygens (including phenoxy) is 2. The van der Waals surface area contributed by atoms with Crippen LogP contribution in [0.4, 0.5) is 0 Å². The number of hydrogen-bond acceptors (Lipinski definition) is 7. The summed E-state index contributed by atoms with van der Waals surface area (Å²) in [4.78, 5) is 26.3. The lowest BCUT2D eigenvalue weighted by molar-refractivity contribution is -0.170. The molecule has 0 aromatic rings. The Hall–Kier alpha value is -1.15. The first kappa shape index (κ1) is 22.1. The van der Waals surface area contributed by atoms with Crippen LogP contribution in [0, 0.1) is 23.7 Å². The first-order valence-corrected chi connectivity index (χ1v) is 13.1. The van der Waals surface area contributed by atoms with Crippen LogP contribution >= 0.6 is 0 Å². The molecular formula is C22H34O7S. The van der Waals surface area contributed by atoms with Gasteiger partial charge in [0.05, 0.1) is 24.2 Å². The van der Waals surface area contributed by atoms with Gasteiger partial charge in [0, 0.05) is 0 Å². The minimum atomic E-state index is -3.76. The lowest BCUT2D eigenvalue weighted by atomic mass is 9.78. The highest BCUT2D eigenvalue weighted by atomic mass is 32.2. The zero-order valence-corrected chi connectivity index (χ0v) is 18.6. The second-order valence-electron chi connectivity index (χ2n) is 9.54. The number of fused-ring (bicyclic) bond motifs is 2. The molecule has 5 unspecified atom stereocenters. The molecule has 0 aliphatic heterocycles. The van der Waals surface area contributed by atoms with Crippen LogP contribution in [0.15, 0.2) is 0 Å². The Labute approximate surface area is 179 Å². The fourth-order valence-corrected chi connectivity index (χ4v) is 7.71. The van der Waals surface area contributed by atoms with Crippen molar-refractivity contribution in [3.8, 4) is 0 Å². The standard InChI is InChI=1S/C22H34O7S/c1-27-30(25,26)18-13-14-12-17(18)20(22(24)29-16-10-6-3-7-11-16)19(14)21(23)28-15-8-4-2-5-9-15/h14-20H,2-13H2,1H3. The Balaban J connectivity index is 1.52. The third kappa shape index (κ3) is 4.40. The van der Waals surface area contributed by atoms with Crippen LogP contribution in [0.25, 0.3) is 0 Å². The summed E-state index contributed by atoms with van der Waals surface area (Å²) in [5.74, 6) is -2.73. The van der Waals surface area contributed by atoms with Crippen LogP contribution in [0.5, 0.6) is 0 Å². The average Bonchev–Trinajstić information content (AvgIpc) is 3.34. The summed E-state index contributed by atoms with van der Waals surface area (Å²) in [6.07, 6.45) is 10.5. The zero-order valence-electron chi connectivity index (χ0n) is 17.8. The van der Waals surface area contributed by atoms with Crippen molar-refractivity contribution in [3.63, 3.8) is 0 Å². The maximum atomic E-state index is 13.2. The van der Waals surface area contributed by atoms with E-state index in [0.29, 0.717) is 12.8 Å². The maximum Gasteiger partial charge on any atom is 0.310 e. The lowest BCUT2D eigenvalue weighted by Crippen LogP contribution is -2.45. The molecule has 8 heteroatoms. The van der Waals surface area contributed by atoms with Crippen molar-refractivity contribution in [3.05, 3.63) is 0 Å². The first-order chi connectivity index (χ1) is 14.4. The highest BCUT2D eigenvalue weighted by Gasteiger charge is 2.62. The molecule has 4 aliphatic carbocycles. The fraction of sp³-hybridized carbons (Fsp3) is 0.909. The summed E-state index contributed by atoms with van der Waals surface area (Å²) in [6, 6.07) is 0. The molecule has 0 aromatic heterocycles. The van der Waals surface area contributed by atoms with Crippen molar-refractivity contribution < 1.29 is 31.7 Å². The molecular weight excluding hydrogens is 408 g/mol. The molecule has 4 aliphatic rings. The fourth-order valence-electron chi connectivity index (χ4n) is 6.27. The zero-order chi connectivity index (χ0) is 21.3. The summed E-state index contributed by atoms with van der Waals surface area (Å²) < 4.78 is 41.3. The van der Waals surface area contributed by atoms with E-state index in [1.807, 2.05) is 0 Å². The predicted molar refractivity (Wildman–Crippen MR) is 109 cm³/mol. The summed E-state index contributed by atoms with van der Waals surface area (Å²) in [5, 5.41) is -0.755. The molecule has 0 amide bonds. The largest absolute Gasteiger partial charge is 0.462 e. The summed E-state index contributed by atoms with van der Waals surface area (Å²) in [6.45, 7) is 0. The third-order valence-electron chi connectivity index (χ3n) is 7.76. The van der Waals surface area contributed by atoms with E-state index in [-0.39, 0.29) is 24.1 Å². The Morgan fingerprint density at radius 1 is 0.733 bits per heavy atom. The van der Waals surface area contributed by atoms with Gasteiger partial charge in [-0.15, -0.1) is 0 Å². The highest BCUT2D eigenvalue weighted by molar-refractivity contribution is 7.87. The van der Waals surface area contributed by atoms with E-state index < -0.39 is 39.1 Å². The molecule has 170 valence electrons.